The number of anilines is 1. The van der Waals surface area contributed by atoms with Crippen LogP contribution < -0.4 is 10.1 Å². The first-order valence-electron chi connectivity index (χ1n) is 7.98. The lowest BCUT2D eigenvalue weighted by Crippen LogP contribution is -2.26. The Bertz CT molecular complexity index is 763. The number of hydrogen-bond donors (Lipinski definition) is 1. The molecule has 25 heavy (non-hydrogen) atoms. The van der Waals surface area contributed by atoms with Crippen LogP contribution in [0.4, 0.5) is 14.5 Å². The van der Waals surface area contributed by atoms with E-state index in [2.05, 4.69) is 10.3 Å². The molecule has 0 aliphatic carbocycles. The van der Waals surface area contributed by atoms with Gasteiger partial charge in [-0.2, -0.15) is 5.26 Å². The molecular weight excluding hydrogens is 328 g/mol. The summed E-state index contributed by atoms with van der Waals surface area (Å²) < 4.78 is 38.9. The Balaban J connectivity index is 1.66. The summed E-state index contributed by atoms with van der Waals surface area (Å²) >= 11 is 0. The summed E-state index contributed by atoms with van der Waals surface area (Å²) in [5.74, 6) is -1.12. The Hall–Kier alpha value is -2.72. The van der Waals surface area contributed by atoms with Crippen LogP contribution in [-0.2, 0) is 11.3 Å². The number of pyridine rings is 1. The number of hydrogen-bond acceptors (Lipinski definition) is 5. The first-order chi connectivity index (χ1) is 12.2. The van der Waals surface area contributed by atoms with Crippen molar-refractivity contribution in [1.29, 1.82) is 5.26 Å². The van der Waals surface area contributed by atoms with Crippen LogP contribution in [0.15, 0.2) is 30.5 Å². The second-order valence-corrected chi connectivity index (χ2v) is 5.71. The summed E-state index contributed by atoms with van der Waals surface area (Å²) in [6, 6.07) is 7.19. The third-order valence-electron chi connectivity index (χ3n) is 3.90. The minimum Gasteiger partial charge on any atom is -0.474 e. The van der Waals surface area contributed by atoms with Crippen molar-refractivity contribution in [3.05, 3.63) is 53.2 Å². The highest BCUT2D eigenvalue weighted by molar-refractivity contribution is 5.50. The standard InChI is InChI=1S/C18H17F2N3O2/c19-15-7-13(10-21)8-16(20)18(15)23-11-12-1-4-22-17(9-12)25-14-2-5-24-6-3-14/h1,4,7-9,14,23H,2-3,5-6,11H2. The highest BCUT2D eigenvalue weighted by Gasteiger charge is 2.16. The zero-order valence-corrected chi connectivity index (χ0v) is 13.5. The van der Waals surface area contributed by atoms with E-state index in [0.717, 1.165) is 30.5 Å². The molecule has 2 heterocycles. The molecule has 1 aromatic carbocycles. The Kier molecular flexibility index (Phi) is 5.41. The molecule has 1 aliphatic rings. The molecule has 0 saturated carbocycles. The fourth-order valence-corrected chi connectivity index (χ4v) is 2.59. The van der Waals surface area contributed by atoms with Crippen molar-refractivity contribution in [3.63, 3.8) is 0 Å². The maximum Gasteiger partial charge on any atom is 0.213 e. The number of nitriles is 1. The number of ether oxygens (including phenoxy) is 2. The van der Waals surface area contributed by atoms with Gasteiger partial charge < -0.3 is 14.8 Å². The van der Waals surface area contributed by atoms with Gasteiger partial charge in [0.2, 0.25) is 5.88 Å². The van der Waals surface area contributed by atoms with Gasteiger partial charge >= 0.3 is 0 Å². The predicted octanol–water partition coefficient (Wildman–Crippen LogP) is 3.40. The molecular formula is C18H17F2N3O2. The summed E-state index contributed by atoms with van der Waals surface area (Å²) in [5.41, 5.74) is 0.458. The molecule has 5 nitrogen and oxygen atoms in total. The van der Waals surface area contributed by atoms with Crippen LogP contribution in [0.3, 0.4) is 0 Å². The Morgan fingerprint density at radius 1 is 1.24 bits per heavy atom. The number of rotatable bonds is 5. The van der Waals surface area contributed by atoms with E-state index < -0.39 is 11.6 Å². The molecule has 7 heteroatoms. The topological polar surface area (TPSA) is 67.2 Å². The molecule has 2 aromatic rings. The molecule has 130 valence electrons. The SMILES string of the molecule is N#Cc1cc(F)c(NCc2ccnc(OC3CCOCC3)c2)c(F)c1. The quantitative estimate of drug-likeness (QED) is 0.900. The zero-order valence-electron chi connectivity index (χ0n) is 13.5. The second-order valence-electron chi connectivity index (χ2n) is 5.71. The van der Waals surface area contributed by atoms with Gasteiger partial charge in [-0.05, 0) is 23.8 Å². The fourth-order valence-electron chi connectivity index (χ4n) is 2.59. The van der Waals surface area contributed by atoms with Crippen molar-refractivity contribution in [2.75, 3.05) is 18.5 Å². The van der Waals surface area contributed by atoms with Gasteiger partial charge in [0, 0.05) is 31.6 Å². The van der Waals surface area contributed by atoms with Gasteiger partial charge in [0.05, 0.1) is 24.8 Å². The normalized spacial score (nSPS) is 14.8. The molecule has 0 spiro atoms. The van der Waals surface area contributed by atoms with Crippen molar-refractivity contribution in [2.24, 2.45) is 0 Å². The first kappa shape index (κ1) is 17.1. The number of halogens is 2. The molecule has 0 unspecified atom stereocenters. The first-order valence-corrected chi connectivity index (χ1v) is 7.98. The lowest BCUT2D eigenvalue weighted by molar-refractivity contribution is 0.0237. The van der Waals surface area contributed by atoms with Gasteiger partial charge in [0.1, 0.15) is 11.8 Å². The summed E-state index contributed by atoms with van der Waals surface area (Å²) in [4.78, 5) is 4.17. The van der Waals surface area contributed by atoms with E-state index in [4.69, 9.17) is 14.7 Å². The minimum absolute atomic E-state index is 0.0587. The third-order valence-corrected chi connectivity index (χ3v) is 3.90. The van der Waals surface area contributed by atoms with Crippen molar-refractivity contribution in [3.8, 4) is 11.9 Å². The van der Waals surface area contributed by atoms with Crippen LogP contribution in [0, 0.1) is 23.0 Å². The molecule has 0 bridgehead atoms. The van der Waals surface area contributed by atoms with Gasteiger partial charge in [-0.25, -0.2) is 13.8 Å². The summed E-state index contributed by atoms with van der Waals surface area (Å²) in [7, 11) is 0. The monoisotopic (exact) mass is 345 g/mol. The highest BCUT2D eigenvalue weighted by Crippen LogP contribution is 2.22. The number of aromatic nitrogens is 1. The van der Waals surface area contributed by atoms with E-state index in [1.807, 2.05) is 0 Å². The minimum atomic E-state index is -0.802. The van der Waals surface area contributed by atoms with Gasteiger partial charge in [-0.1, -0.05) is 0 Å². The zero-order chi connectivity index (χ0) is 17.6. The number of nitrogens with zero attached hydrogens (tertiary/aromatic N) is 2. The van der Waals surface area contributed by atoms with Crippen LogP contribution in [-0.4, -0.2) is 24.3 Å². The molecule has 1 N–H and O–H groups in total. The second kappa shape index (κ2) is 7.90. The molecule has 0 amide bonds. The number of nitrogens with one attached hydrogen (secondary N) is 1. The van der Waals surface area contributed by atoms with Gasteiger partial charge in [-0.3, -0.25) is 0 Å². The van der Waals surface area contributed by atoms with Crippen molar-refractivity contribution >= 4 is 5.69 Å². The lowest BCUT2D eigenvalue weighted by Gasteiger charge is -2.22. The molecule has 1 saturated heterocycles. The molecule has 1 fully saturated rings. The Labute approximate surface area is 144 Å². The predicted molar refractivity (Wildman–Crippen MR) is 87.1 cm³/mol. The van der Waals surface area contributed by atoms with Crippen molar-refractivity contribution in [1.82, 2.24) is 4.98 Å². The van der Waals surface area contributed by atoms with E-state index in [1.165, 1.54) is 0 Å². The van der Waals surface area contributed by atoms with Gasteiger partial charge in [-0.15, -0.1) is 0 Å². The smallest absolute Gasteiger partial charge is 0.213 e. The van der Waals surface area contributed by atoms with Crippen molar-refractivity contribution in [2.45, 2.75) is 25.5 Å². The Morgan fingerprint density at radius 3 is 2.64 bits per heavy atom. The van der Waals surface area contributed by atoms with E-state index in [1.54, 1.807) is 24.4 Å². The summed E-state index contributed by atoms with van der Waals surface area (Å²) in [6.07, 6.45) is 3.28. The van der Waals surface area contributed by atoms with E-state index in [-0.39, 0.29) is 23.9 Å². The van der Waals surface area contributed by atoms with Gasteiger partial charge in [0.15, 0.2) is 11.6 Å². The molecule has 0 radical (unpaired) electrons. The average molecular weight is 345 g/mol. The summed E-state index contributed by atoms with van der Waals surface area (Å²) in [5, 5.41) is 11.4. The maximum absolute atomic E-state index is 13.9. The largest absolute Gasteiger partial charge is 0.474 e. The Morgan fingerprint density at radius 2 is 1.96 bits per heavy atom. The maximum atomic E-state index is 13.9. The third kappa shape index (κ3) is 4.43. The van der Waals surface area contributed by atoms with E-state index in [0.29, 0.717) is 19.1 Å². The fraction of sp³-hybridized carbons (Fsp3) is 0.333. The van der Waals surface area contributed by atoms with Crippen LogP contribution in [0.2, 0.25) is 0 Å². The molecule has 1 aromatic heterocycles. The molecule has 3 rings (SSSR count). The van der Waals surface area contributed by atoms with Crippen LogP contribution in [0.1, 0.15) is 24.0 Å². The van der Waals surface area contributed by atoms with E-state index in [9.17, 15) is 8.78 Å². The number of benzene rings is 1. The summed E-state index contributed by atoms with van der Waals surface area (Å²) in [6.45, 7) is 1.54. The average Bonchev–Trinajstić information content (AvgIpc) is 2.62. The molecule has 0 atom stereocenters. The van der Waals surface area contributed by atoms with Crippen LogP contribution in [0.5, 0.6) is 5.88 Å². The van der Waals surface area contributed by atoms with Crippen molar-refractivity contribution < 1.29 is 18.3 Å². The highest BCUT2D eigenvalue weighted by atomic mass is 19.1. The lowest BCUT2D eigenvalue weighted by atomic mass is 10.1. The molecule has 1 aliphatic heterocycles. The van der Waals surface area contributed by atoms with E-state index >= 15 is 0 Å². The van der Waals surface area contributed by atoms with Gasteiger partial charge in [0.25, 0.3) is 0 Å². The van der Waals surface area contributed by atoms with Crippen LogP contribution >= 0.6 is 0 Å². The van der Waals surface area contributed by atoms with Crippen LogP contribution in [0.25, 0.3) is 0 Å².